The van der Waals surface area contributed by atoms with Gasteiger partial charge in [-0.2, -0.15) is 0 Å². The van der Waals surface area contributed by atoms with E-state index in [0.717, 1.165) is 73.4 Å². The fourth-order valence-electron chi connectivity index (χ4n) is 8.52. The average Bonchev–Trinajstić information content (AvgIpc) is 3.85. The number of hydrogen-bond acceptors (Lipinski definition) is 4. The Kier molecular flexibility index (Phi) is 12.6. The molecule has 5 nitrogen and oxygen atoms in total. The van der Waals surface area contributed by atoms with E-state index in [0.29, 0.717) is 11.6 Å². The second kappa shape index (κ2) is 18.2. The van der Waals surface area contributed by atoms with Crippen molar-refractivity contribution in [2.45, 2.75) is 53.8 Å². The number of pyridine rings is 2. The van der Waals surface area contributed by atoms with Gasteiger partial charge >= 0.3 is 0 Å². The van der Waals surface area contributed by atoms with Crippen LogP contribution in [0.5, 0.6) is 0 Å². The topological polar surface area (TPSA) is 56.7 Å². The molecule has 6 aromatic carbocycles. The van der Waals surface area contributed by atoms with Gasteiger partial charge < -0.3 is 14.0 Å². The van der Waals surface area contributed by atoms with E-state index in [4.69, 9.17) is 14.4 Å². The fraction of sp³-hybridized carbons (Fsp3) is 0.161. The first-order chi connectivity index (χ1) is 30.0. The van der Waals surface area contributed by atoms with Crippen LogP contribution >= 0.6 is 0 Å². The second-order valence-electron chi connectivity index (χ2n) is 17.5. The average molecular weight is 1020 g/mol. The van der Waals surface area contributed by atoms with Gasteiger partial charge in [0, 0.05) is 42.9 Å². The number of aromatic nitrogens is 4. The first-order valence-electron chi connectivity index (χ1n) is 21.4. The molecule has 10 rings (SSSR count). The van der Waals surface area contributed by atoms with Crippen LogP contribution in [-0.2, 0) is 26.5 Å². The molecule has 0 spiro atoms. The molecule has 4 heterocycles. The number of hydrogen-bond donors (Lipinski definition) is 0. The van der Waals surface area contributed by atoms with Gasteiger partial charge in [0.25, 0.3) is 0 Å². The molecule has 0 amide bonds. The van der Waals surface area contributed by atoms with Crippen molar-refractivity contribution in [3.05, 3.63) is 187 Å². The van der Waals surface area contributed by atoms with E-state index in [1.807, 2.05) is 54.6 Å². The summed E-state index contributed by atoms with van der Waals surface area (Å²) in [6.07, 6.45) is 3.24. The van der Waals surface area contributed by atoms with Crippen LogP contribution in [0.15, 0.2) is 162 Å². The number of furan rings is 1. The van der Waals surface area contributed by atoms with Crippen molar-refractivity contribution in [3.63, 3.8) is 0 Å². The van der Waals surface area contributed by atoms with Crippen molar-refractivity contribution in [1.82, 2.24) is 19.5 Å². The van der Waals surface area contributed by atoms with Crippen LogP contribution in [0.3, 0.4) is 0 Å². The Hall–Kier alpha value is -6.24. The summed E-state index contributed by atoms with van der Waals surface area (Å²) in [4.78, 5) is 14.8. The zero-order valence-electron chi connectivity index (χ0n) is 36.8. The summed E-state index contributed by atoms with van der Waals surface area (Å²) in [7, 11) is -1.34. The third kappa shape index (κ3) is 8.87. The van der Waals surface area contributed by atoms with Gasteiger partial charge in [0.1, 0.15) is 0 Å². The first-order valence-corrected chi connectivity index (χ1v) is 24.9. The molecule has 315 valence electrons. The number of para-hydroxylation sites is 2. The first kappa shape index (κ1) is 43.4. The number of benzene rings is 6. The van der Waals surface area contributed by atoms with E-state index >= 15 is 0 Å². The van der Waals surface area contributed by atoms with Gasteiger partial charge in [-0.15, -0.1) is 54.1 Å². The third-order valence-electron chi connectivity index (χ3n) is 11.5. The van der Waals surface area contributed by atoms with Gasteiger partial charge in [0.15, 0.2) is 0 Å². The standard InChI is InChI=1S/C38H26N3O.C18H24NSi.Ir/c1-24-10-8-11-25(2)35(24)33-23-22-30-29-14-9-15-31(36(29)42-38(30)40-33)37-39-32-16-6-7-17-34(32)41(37)28-20-18-27(19-21-28)26-12-4-3-5-13-26;1-14(2)11-16-12-17(15-9-7-6-8-10-15)19-13-18(16)20(3,4)5;/h3-14,16-23H,1-2H3;6-9,12-14H,11H2,1-5H3;/q2*-1;. The van der Waals surface area contributed by atoms with Crippen LogP contribution < -0.4 is 5.19 Å². The third-order valence-corrected chi connectivity index (χ3v) is 13.5. The summed E-state index contributed by atoms with van der Waals surface area (Å²) < 4.78 is 8.74. The molecule has 0 fully saturated rings. The van der Waals surface area contributed by atoms with Crippen LogP contribution in [0.1, 0.15) is 30.5 Å². The van der Waals surface area contributed by atoms with E-state index in [9.17, 15) is 0 Å². The normalized spacial score (nSPS) is 11.5. The predicted molar refractivity (Wildman–Crippen MR) is 261 cm³/mol. The minimum absolute atomic E-state index is 0. The van der Waals surface area contributed by atoms with Gasteiger partial charge in [0.05, 0.1) is 36.2 Å². The SMILES string of the molecule is CC(C)Cc1cc(-c2[c-]cccc2)ncc1[Si](C)(C)C.Cc1cccc(C)c1-c1ccc2c(n1)oc1c(-c3nc4ccccc4n3-c3ccc(-c4ccccc4)cc3)[c-]ccc12.[Ir]. The van der Waals surface area contributed by atoms with Crippen molar-refractivity contribution in [1.29, 1.82) is 0 Å². The van der Waals surface area contributed by atoms with Crippen LogP contribution in [0.2, 0.25) is 19.6 Å². The zero-order chi connectivity index (χ0) is 43.0. The van der Waals surface area contributed by atoms with E-state index in [1.54, 1.807) is 0 Å². The number of nitrogens with zero attached hydrogens (tertiary/aromatic N) is 4. The maximum absolute atomic E-state index is 6.55. The molecule has 0 saturated heterocycles. The van der Waals surface area contributed by atoms with E-state index in [1.165, 1.54) is 33.0 Å². The molecule has 0 aliphatic rings. The Bertz CT molecular complexity index is 3160. The molecule has 10 aromatic rings. The molecule has 0 N–H and O–H groups in total. The number of rotatable bonds is 8. The van der Waals surface area contributed by atoms with Gasteiger partial charge in [-0.3, -0.25) is 4.98 Å². The largest absolute Gasteiger partial charge is 0.486 e. The molecule has 0 bridgehead atoms. The van der Waals surface area contributed by atoms with Gasteiger partial charge in [-0.25, -0.2) is 4.98 Å². The molecule has 63 heavy (non-hydrogen) atoms. The maximum Gasteiger partial charge on any atom is 0.216 e. The van der Waals surface area contributed by atoms with Crippen molar-refractivity contribution in [2.24, 2.45) is 5.92 Å². The monoisotopic (exact) mass is 1020 g/mol. The molecule has 7 heteroatoms. The molecular formula is C56H50IrN4OSi-2. The Balaban J connectivity index is 0.000000219. The maximum atomic E-state index is 6.55. The van der Waals surface area contributed by atoms with Crippen LogP contribution in [0, 0.1) is 31.9 Å². The predicted octanol–water partition coefficient (Wildman–Crippen LogP) is 14.0. The van der Waals surface area contributed by atoms with E-state index < -0.39 is 8.07 Å². The van der Waals surface area contributed by atoms with Crippen molar-refractivity contribution in [2.75, 3.05) is 0 Å². The quantitative estimate of drug-likeness (QED) is 0.112. The Morgan fingerprint density at radius 3 is 2.10 bits per heavy atom. The minimum Gasteiger partial charge on any atom is -0.486 e. The van der Waals surface area contributed by atoms with Gasteiger partial charge in [0.2, 0.25) is 5.71 Å². The fourth-order valence-corrected chi connectivity index (χ4v) is 10.1. The second-order valence-corrected chi connectivity index (χ2v) is 22.6. The number of fused-ring (bicyclic) bond motifs is 4. The van der Waals surface area contributed by atoms with Crippen molar-refractivity contribution >= 4 is 46.4 Å². The van der Waals surface area contributed by atoms with Crippen molar-refractivity contribution in [3.8, 4) is 50.7 Å². The zero-order valence-corrected chi connectivity index (χ0v) is 40.2. The molecule has 0 unspecified atom stereocenters. The Morgan fingerprint density at radius 1 is 0.667 bits per heavy atom. The summed E-state index contributed by atoms with van der Waals surface area (Å²) in [5.41, 5.74) is 15.5. The summed E-state index contributed by atoms with van der Waals surface area (Å²) >= 11 is 0. The summed E-state index contributed by atoms with van der Waals surface area (Å²) in [6, 6.07) is 58.9. The van der Waals surface area contributed by atoms with E-state index in [2.05, 4.69) is 172 Å². The summed E-state index contributed by atoms with van der Waals surface area (Å²) in [5, 5.41) is 3.47. The summed E-state index contributed by atoms with van der Waals surface area (Å²) in [6.45, 7) is 16.0. The molecule has 0 aliphatic heterocycles. The smallest absolute Gasteiger partial charge is 0.216 e. The Morgan fingerprint density at radius 2 is 1.38 bits per heavy atom. The molecular weight excluding hydrogens is 965 g/mol. The Labute approximate surface area is 385 Å². The number of imidazole rings is 1. The molecule has 1 radical (unpaired) electrons. The number of aryl methyl sites for hydroxylation is 2. The van der Waals surface area contributed by atoms with Gasteiger partial charge in [-0.05, 0) is 95.7 Å². The van der Waals surface area contributed by atoms with Crippen LogP contribution in [0.25, 0.3) is 83.8 Å². The van der Waals surface area contributed by atoms with Crippen LogP contribution in [0.4, 0.5) is 0 Å². The van der Waals surface area contributed by atoms with Crippen LogP contribution in [-0.4, -0.2) is 27.6 Å². The van der Waals surface area contributed by atoms with E-state index in [-0.39, 0.29) is 20.1 Å². The molecule has 0 atom stereocenters. The van der Waals surface area contributed by atoms with Gasteiger partial charge in [-0.1, -0.05) is 129 Å². The molecule has 4 aromatic heterocycles. The summed E-state index contributed by atoms with van der Waals surface area (Å²) in [5.74, 6) is 1.45. The minimum atomic E-state index is -1.34. The molecule has 0 aliphatic carbocycles. The van der Waals surface area contributed by atoms with Crippen molar-refractivity contribution < 1.29 is 24.5 Å². The molecule has 0 saturated carbocycles.